The van der Waals surface area contributed by atoms with E-state index in [1.165, 1.54) is 23.9 Å². The van der Waals surface area contributed by atoms with Crippen LogP contribution in [-0.4, -0.2) is 18.2 Å². The minimum Gasteiger partial charge on any atom is -0.355 e. The van der Waals surface area contributed by atoms with Gasteiger partial charge in [0.2, 0.25) is 5.91 Å². The van der Waals surface area contributed by atoms with E-state index in [1.807, 2.05) is 0 Å². The van der Waals surface area contributed by atoms with E-state index in [1.54, 1.807) is 12.1 Å². The number of halogens is 1. The van der Waals surface area contributed by atoms with Crippen LogP contribution >= 0.6 is 11.8 Å². The lowest BCUT2D eigenvalue weighted by molar-refractivity contribution is -0.118. The molecule has 1 amide bonds. The molecular formula is C13H18FNOS. The fourth-order valence-corrected chi connectivity index (χ4v) is 1.96. The molecule has 0 unspecified atom stereocenters. The minimum absolute atomic E-state index is 0.0278. The highest BCUT2D eigenvalue weighted by Crippen LogP contribution is 2.17. The van der Waals surface area contributed by atoms with Gasteiger partial charge in [0.25, 0.3) is 0 Å². The molecule has 0 atom stereocenters. The van der Waals surface area contributed by atoms with Crippen LogP contribution in [0.1, 0.15) is 20.3 Å². The number of amides is 1. The first-order chi connectivity index (χ1) is 8.08. The van der Waals surface area contributed by atoms with Gasteiger partial charge in [-0.25, -0.2) is 4.39 Å². The van der Waals surface area contributed by atoms with Gasteiger partial charge in [-0.3, -0.25) is 4.79 Å². The summed E-state index contributed by atoms with van der Waals surface area (Å²) >= 11 is 1.42. The molecule has 1 rings (SSSR count). The van der Waals surface area contributed by atoms with Crippen LogP contribution in [-0.2, 0) is 4.79 Å². The molecule has 0 saturated carbocycles. The molecule has 0 saturated heterocycles. The Morgan fingerprint density at radius 1 is 1.35 bits per heavy atom. The second-order valence-corrected chi connectivity index (χ2v) is 5.32. The largest absolute Gasteiger partial charge is 0.355 e. The summed E-state index contributed by atoms with van der Waals surface area (Å²) in [5.74, 6) is 0.750. The molecular weight excluding hydrogens is 237 g/mol. The van der Waals surface area contributed by atoms with Crippen molar-refractivity contribution >= 4 is 17.7 Å². The molecule has 0 aliphatic heterocycles. The molecule has 0 spiro atoms. The van der Waals surface area contributed by atoms with Gasteiger partial charge in [0.15, 0.2) is 0 Å². The Hall–Kier alpha value is -1.03. The van der Waals surface area contributed by atoms with Crippen LogP contribution in [0.3, 0.4) is 0 Å². The van der Waals surface area contributed by atoms with Gasteiger partial charge >= 0.3 is 0 Å². The van der Waals surface area contributed by atoms with Gasteiger partial charge in [-0.05, 0) is 36.6 Å². The van der Waals surface area contributed by atoms with E-state index in [-0.39, 0.29) is 11.7 Å². The maximum atomic E-state index is 12.6. The quantitative estimate of drug-likeness (QED) is 0.791. The SMILES string of the molecule is CC(C)CCNC(=O)CSc1ccc(F)cc1. The van der Waals surface area contributed by atoms with Gasteiger partial charge in [-0.15, -0.1) is 11.8 Å². The third-order valence-corrected chi connectivity index (χ3v) is 3.24. The summed E-state index contributed by atoms with van der Waals surface area (Å²) in [6.45, 7) is 4.97. The standard InChI is InChI=1S/C13H18FNOS/c1-10(2)7-8-15-13(16)9-17-12-5-3-11(14)4-6-12/h3-6,10H,7-9H2,1-2H3,(H,15,16). The highest BCUT2D eigenvalue weighted by Gasteiger charge is 2.03. The number of carbonyl (C=O) groups excluding carboxylic acids is 1. The molecule has 0 bridgehead atoms. The van der Waals surface area contributed by atoms with E-state index in [0.29, 0.717) is 11.7 Å². The summed E-state index contributed by atoms with van der Waals surface area (Å²) in [4.78, 5) is 12.4. The van der Waals surface area contributed by atoms with Crippen molar-refractivity contribution in [3.63, 3.8) is 0 Å². The lowest BCUT2D eigenvalue weighted by Crippen LogP contribution is -2.26. The molecule has 94 valence electrons. The van der Waals surface area contributed by atoms with Crippen molar-refractivity contribution in [2.24, 2.45) is 5.92 Å². The van der Waals surface area contributed by atoms with Gasteiger partial charge in [-0.2, -0.15) is 0 Å². The summed E-state index contributed by atoms with van der Waals surface area (Å²) in [5, 5.41) is 2.86. The number of hydrogen-bond acceptors (Lipinski definition) is 2. The Morgan fingerprint density at radius 2 is 2.00 bits per heavy atom. The van der Waals surface area contributed by atoms with Crippen LogP contribution in [0, 0.1) is 11.7 Å². The van der Waals surface area contributed by atoms with Crippen LogP contribution in [0.2, 0.25) is 0 Å². The monoisotopic (exact) mass is 255 g/mol. The Kier molecular flexibility index (Phi) is 6.05. The second-order valence-electron chi connectivity index (χ2n) is 4.28. The maximum Gasteiger partial charge on any atom is 0.230 e. The molecule has 0 aliphatic carbocycles. The van der Waals surface area contributed by atoms with Crippen molar-refractivity contribution < 1.29 is 9.18 Å². The zero-order valence-electron chi connectivity index (χ0n) is 10.2. The van der Waals surface area contributed by atoms with E-state index in [4.69, 9.17) is 0 Å². The van der Waals surface area contributed by atoms with Gasteiger partial charge in [0.1, 0.15) is 5.82 Å². The van der Waals surface area contributed by atoms with Crippen molar-refractivity contribution in [2.45, 2.75) is 25.2 Å². The summed E-state index contributed by atoms with van der Waals surface area (Å²) in [6, 6.07) is 6.17. The van der Waals surface area contributed by atoms with Crippen molar-refractivity contribution in [2.75, 3.05) is 12.3 Å². The molecule has 2 nitrogen and oxygen atoms in total. The highest BCUT2D eigenvalue weighted by molar-refractivity contribution is 8.00. The third-order valence-electron chi connectivity index (χ3n) is 2.23. The maximum absolute atomic E-state index is 12.6. The first-order valence-electron chi connectivity index (χ1n) is 5.73. The smallest absolute Gasteiger partial charge is 0.230 e. The molecule has 1 aromatic carbocycles. The van der Waals surface area contributed by atoms with Gasteiger partial charge in [-0.1, -0.05) is 13.8 Å². The highest BCUT2D eigenvalue weighted by atomic mass is 32.2. The molecule has 0 fully saturated rings. The number of carbonyl (C=O) groups is 1. The predicted octanol–water partition coefficient (Wildman–Crippen LogP) is 3.08. The van der Waals surface area contributed by atoms with Crippen LogP contribution in [0.5, 0.6) is 0 Å². The van der Waals surface area contributed by atoms with Gasteiger partial charge < -0.3 is 5.32 Å². The topological polar surface area (TPSA) is 29.1 Å². The number of thioether (sulfide) groups is 1. The summed E-state index contributed by atoms with van der Waals surface area (Å²) in [7, 11) is 0. The fraction of sp³-hybridized carbons (Fsp3) is 0.462. The van der Waals surface area contributed by atoms with Crippen LogP contribution in [0.25, 0.3) is 0 Å². The lowest BCUT2D eigenvalue weighted by atomic mass is 10.1. The molecule has 1 N–H and O–H groups in total. The zero-order chi connectivity index (χ0) is 12.7. The predicted molar refractivity (Wildman–Crippen MR) is 69.6 cm³/mol. The number of hydrogen-bond donors (Lipinski definition) is 1. The van der Waals surface area contributed by atoms with Crippen molar-refractivity contribution in [3.8, 4) is 0 Å². The Morgan fingerprint density at radius 3 is 2.59 bits per heavy atom. The average Bonchev–Trinajstić information content (AvgIpc) is 2.28. The van der Waals surface area contributed by atoms with E-state index in [0.717, 1.165) is 17.9 Å². The first-order valence-corrected chi connectivity index (χ1v) is 6.71. The van der Waals surface area contributed by atoms with Gasteiger partial charge in [0, 0.05) is 11.4 Å². The van der Waals surface area contributed by atoms with Gasteiger partial charge in [0.05, 0.1) is 5.75 Å². The molecule has 4 heteroatoms. The van der Waals surface area contributed by atoms with Crippen molar-refractivity contribution in [1.29, 1.82) is 0 Å². The Bertz CT molecular complexity index is 351. The van der Waals surface area contributed by atoms with E-state index in [2.05, 4.69) is 19.2 Å². The molecule has 0 aromatic heterocycles. The van der Waals surface area contributed by atoms with Crippen molar-refractivity contribution in [1.82, 2.24) is 5.32 Å². The number of rotatable bonds is 6. The summed E-state index contributed by atoms with van der Waals surface area (Å²) in [6.07, 6.45) is 0.993. The lowest BCUT2D eigenvalue weighted by Gasteiger charge is -2.06. The molecule has 1 aromatic rings. The van der Waals surface area contributed by atoms with Crippen molar-refractivity contribution in [3.05, 3.63) is 30.1 Å². The molecule has 0 aliphatic rings. The third kappa shape index (κ3) is 6.31. The molecule has 0 heterocycles. The summed E-state index contributed by atoms with van der Waals surface area (Å²) in [5.41, 5.74) is 0. The van der Waals surface area contributed by atoms with E-state index in [9.17, 15) is 9.18 Å². The van der Waals surface area contributed by atoms with Crippen LogP contribution in [0.4, 0.5) is 4.39 Å². The average molecular weight is 255 g/mol. The van der Waals surface area contributed by atoms with E-state index < -0.39 is 0 Å². The number of nitrogens with one attached hydrogen (secondary N) is 1. The first kappa shape index (κ1) is 14.0. The Balaban J connectivity index is 2.21. The van der Waals surface area contributed by atoms with Crippen LogP contribution in [0.15, 0.2) is 29.2 Å². The number of benzene rings is 1. The summed E-state index contributed by atoms with van der Waals surface area (Å²) < 4.78 is 12.6. The fourth-order valence-electron chi connectivity index (χ4n) is 1.23. The molecule has 17 heavy (non-hydrogen) atoms. The second kappa shape index (κ2) is 7.33. The molecule has 0 radical (unpaired) electrons. The normalized spacial score (nSPS) is 10.6. The van der Waals surface area contributed by atoms with Crippen LogP contribution < -0.4 is 5.32 Å². The van der Waals surface area contributed by atoms with E-state index >= 15 is 0 Å². The zero-order valence-corrected chi connectivity index (χ0v) is 11.0. The minimum atomic E-state index is -0.254. The Labute approximate surface area is 106 Å².